The summed E-state index contributed by atoms with van der Waals surface area (Å²) in [6.07, 6.45) is 0. The van der Waals surface area contributed by atoms with Crippen molar-refractivity contribution in [2.45, 2.75) is 44.0 Å². The number of hydrogen-bond donors (Lipinski definition) is 1. The summed E-state index contributed by atoms with van der Waals surface area (Å²) in [5, 5.41) is 10.9. The van der Waals surface area contributed by atoms with Gasteiger partial charge in [-0.2, -0.15) is 0 Å². The molecule has 1 N–H and O–H groups in total. The molecule has 23 heavy (non-hydrogen) atoms. The molecule has 0 radical (unpaired) electrons. The minimum absolute atomic E-state index is 0.0248. The Labute approximate surface area is 146 Å². The molecule has 0 saturated carbocycles. The first-order chi connectivity index (χ1) is 11.0. The van der Waals surface area contributed by atoms with Gasteiger partial charge < -0.3 is 5.32 Å². The van der Waals surface area contributed by atoms with Crippen molar-refractivity contribution < 1.29 is 4.79 Å². The van der Waals surface area contributed by atoms with E-state index in [4.69, 9.17) is 0 Å². The van der Waals surface area contributed by atoms with Gasteiger partial charge in [-0.25, -0.2) is 0 Å². The molecular weight excluding hydrogens is 326 g/mol. The van der Waals surface area contributed by atoms with Crippen LogP contribution in [0.15, 0.2) is 34.1 Å². The van der Waals surface area contributed by atoms with E-state index in [1.165, 1.54) is 28.7 Å². The maximum absolute atomic E-state index is 12.2. The van der Waals surface area contributed by atoms with Crippen LogP contribution in [0, 0.1) is 5.92 Å². The molecule has 1 amide bonds. The Morgan fingerprint density at radius 1 is 1.17 bits per heavy atom. The van der Waals surface area contributed by atoms with E-state index >= 15 is 0 Å². The van der Waals surface area contributed by atoms with Crippen molar-refractivity contribution in [3.05, 3.63) is 40.9 Å². The average Bonchev–Trinajstić information content (AvgIpc) is 3.04. The third kappa shape index (κ3) is 5.32. The van der Waals surface area contributed by atoms with Crippen LogP contribution < -0.4 is 5.32 Å². The van der Waals surface area contributed by atoms with Gasteiger partial charge in [0.2, 0.25) is 5.91 Å². The molecule has 0 aliphatic carbocycles. The number of nitrogens with one attached hydrogen (secondary N) is 1. The van der Waals surface area contributed by atoms with Gasteiger partial charge in [-0.05, 0) is 23.0 Å². The zero-order valence-corrected chi connectivity index (χ0v) is 15.6. The fraction of sp³-hybridized carbons (Fsp3) is 0.471. The topological polar surface area (TPSA) is 54.9 Å². The first-order valence-corrected chi connectivity index (χ1v) is 9.62. The fourth-order valence-electron chi connectivity index (χ4n) is 2.29. The number of rotatable bonds is 7. The van der Waals surface area contributed by atoms with Gasteiger partial charge in [-0.15, -0.1) is 10.2 Å². The van der Waals surface area contributed by atoms with Gasteiger partial charge in [0.05, 0.1) is 11.8 Å². The first kappa shape index (κ1) is 17.9. The fourth-order valence-corrected chi connectivity index (χ4v) is 3.59. The molecule has 2 rings (SSSR count). The Balaban J connectivity index is 1.98. The Kier molecular flexibility index (Phi) is 6.59. The van der Waals surface area contributed by atoms with Crippen molar-refractivity contribution in [1.29, 1.82) is 0 Å². The molecule has 124 valence electrons. The van der Waals surface area contributed by atoms with Crippen LogP contribution in [0.25, 0.3) is 0 Å². The van der Waals surface area contributed by atoms with E-state index in [1.807, 2.05) is 0 Å². The van der Waals surface area contributed by atoms with E-state index in [9.17, 15) is 4.79 Å². The monoisotopic (exact) mass is 349 g/mol. The normalized spacial score (nSPS) is 12.6. The van der Waals surface area contributed by atoms with Crippen LogP contribution in [-0.4, -0.2) is 21.9 Å². The van der Waals surface area contributed by atoms with Gasteiger partial charge in [0.25, 0.3) is 0 Å². The van der Waals surface area contributed by atoms with Crippen LogP contribution in [0.1, 0.15) is 50.8 Å². The molecule has 2 aromatic rings. The van der Waals surface area contributed by atoms with E-state index in [1.54, 1.807) is 5.51 Å². The lowest BCUT2D eigenvalue weighted by Gasteiger charge is -2.23. The van der Waals surface area contributed by atoms with Crippen LogP contribution in [0.4, 0.5) is 0 Å². The Hall–Kier alpha value is -1.40. The molecule has 0 bridgehead atoms. The van der Waals surface area contributed by atoms with E-state index in [2.05, 4.69) is 67.5 Å². The Morgan fingerprint density at radius 2 is 1.83 bits per heavy atom. The molecule has 0 aliphatic rings. The minimum atomic E-state index is 0.0248. The highest BCUT2D eigenvalue weighted by Crippen LogP contribution is 2.25. The molecule has 1 atom stereocenters. The summed E-state index contributed by atoms with van der Waals surface area (Å²) in [5.74, 6) is 1.23. The van der Waals surface area contributed by atoms with E-state index < -0.39 is 0 Å². The SMILES string of the molecule is CC(C)c1ccc(C(NC(=O)CSc2nncs2)C(C)C)cc1. The second-order valence-electron chi connectivity index (χ2n) is 6.10. The molecule has 1 unspecified atom stereocenters. The third-order valence-electron chi connectivity index (χ3n) is 3.61. The number of hydrogen-bond acceptors (Lipinski definition) is 5. The predicted octanol–water partition coefficient (Wildman–Crippen LogP) is 4.27. The molecule has 0 aliphatic heterocycles. The van der Waals surface area contributed by atoms with Crippen molar-refractivity contribution in [2.24, 2.45) is 5.92 Å². The molecular formula is C17H23N3OS2. The quantitative estimate of drug-likeness (QED) is 0.759. The lowest BCUT2D eigenvalue weighted by Crippen LogP contribution is -2.33. The molecule has 1 aromatic heterocycles. The summed E-state index contributed by atoms with van der Waals surface area (Å²) in [6, 6.07) is 8.57. The lowest BCUT2D eigenvalue weighted by atomic mass is 9.93. The summed E-state index contributed by atoms with van der Waals surface area (Å²) in [7, 11) is 0. The van der Waals surface area contributed by atoms with Gasteiger partial charge in [-0.3, -0.25) is 4.79 Å². The molecule has 1 heterocycles. The van der Waals surface area contributed by atoms with Crippen LogP contribution in [0.3, 0.4) is 0 Å². The Bertz CT molecular complexity index is 609. The maximum Gasteiger partial charge on any atom is 0.230 e. The van der Waals surface area contributed by atoms with Gasteiger partial charge in [0, 0.05) is 0 Å². The largest absolute Gasteiger partial charge is 0.348 e. The van der Waals surface area contributed by atoms with E-state index in [0.717, 1.165) is 9.90 Å². The highest BCUT2D eigenvalue weighted by molar-refractivity contribution is 8.01. The summed E-state index contributed by atoms with van der Waals surface area (Å²) in [4.78, 5) is 12.2. The molecule has 0 spiro atoms. The summed E-state index contributed by atoms with van der Waals surface area (Å²) in [5.41, 5.74) is 4.14. The van der Waals surface area contributed by atoms with Crippen LogP contribution >= 0.6 is 23.1 Å². The van der Waals surface area contributed by atoms with E-state index in [0.29, 0.717) is 17.6 Å². The summed E-state index contributed by atoms with van der Waals surface area (Å²) in [6.45, 7) is 8.61. The predicted molar refractivity (Wildman–Crippen MR) is 96.9 cm³/mol. The number of aromatic nitrogens is 2. The van der Waals surface area contributed by atoms with Crippen LogP contribution in [0.2, 0.25) is 0 Å². The van der Waals surface area contributed by atoms with Crippen molar-refractivity contribution in [3.63, 3.8) is 0 Å². The number of nitrogens with zero attached hydrogens (tertiary/aromatic N) is 2. The van der Waals surface area contributed by atoms with Crippen molar-refractivity contribution >= 4 is 29.0 Å². The average molecular weight is 350 g/mol. The molecule has 1 aromatic carbocycles. The van der Waals surface area contributed by atoms with Crippen LogP contribution in [0.5, 0.6) is 0 Å². The van der Waals surface area contributed by atoms with Gasteiger partial charge in [0.1, 0.15) is 5.51 Å². The second kappa shape index (κ2) is 8.45. The Morgan fingerprint density at radius 3 is 2.35 bits per heavy atom. The number of carbonyl (C=O) groups excluding carboxylic acids is 1. The summed E-state index contributed by atoms with van der Waals surface area (Å²) >= 11 is 2.87. The molecule has 4 nitrogen and oxygen atoms in total. The minimum Gasteiger partial charge on any atom is -0.348 e. The van der Waals surface area contributed by atoms with Crippen molar-refractivity contribution in [1.82, 2.24) is 15.5 Å². The number of carbonyl (C=O) groups is 1. The number of benzene rings is 1. The maximum atomic E-state index is 12.2. The van der Waals surface area contributed by atoms with Gasteiger partial charge in [0.15, 0.2) is 4.34 Å². The zero-order valence-electron chi connectivity index (χ0n) is 13.9. The van der Waals surface area contributed by atoms with Crippen LogP contribution in [-0.2, 0) is 4.79 Å². The highest BCUT2D eigenvalue weighted by atomic mass is 32.2. The molecule has 0 saturated heterocycles. The van der Waals surface area contributed by atoms with Gasteiger partial charge >= 0.3 is 0 Å². The molecule has 6 heteroatoms. The number of thioether (sulfide) groups is 1. The first-order valence-electron chi connectivity index (χ1n) is 7.75. The zero-order chi connectivity index (χ0) is 16.8. The van der Waals surface area contributed by atoms with Gasteiger partial charge in [-0.1, -0.05) is 75.1 Å². The smallest absolute Gasteiger partial charge is 0.230 e. The summed E-state index contributed by atoms with van der Waals surface area (Å²) < 4.78 is 0.822. The number of amides is 1. The van der Waals surface area contributed by atoms with Crippen molar-refractivity contribution in [3.8, 4) is 0 Å². The highest BCUT2D eigenvalue weighted by Gasteiger charge is 2.18. The second-order valence-corrected chi connectivity index (χ2v) is 8.16. The van der Waals surface area contributed by atoms with Crippen molar-refractivity contribution in [2.75, 3.05) is 5.75 Å². The third-order valence-corrected chi connectivity index (χ3v) is 5.47. The lowest BCUT2D eigenvalue weighted by molar-refractivity contribution is -0.119. The standard InChI is InChI=1S/C17H23N3OS2/c1-11(2)13-5-7-14(8-6-13)16(12(3)4)19-15(21)9-22-17-20-18-10-23-17/h5-8,10-12,16H,9H2,1-4H3,(H,19,21). The van der Waals surface area contributed by atoms with E-state index in [-0.39, 0.29) is 11.9 Å². The molecule has 0 fully saturated rings.